The molecule has 0 aliphatic carbocycles. The molecule has 0 saturated carbocycles. The molecule has 19 heavy (non-hydrogen) atoms. The van der Waals surface area contributed by atoms with Crippen LogP contribution in [0.25, 0.3) is 0 Å². The molecular weight excluding hydrogens is 254 g/mol. The number of hydrogen-bond donors (Lipinski definition) is 4. The molecule has 0 spiro atoms. The van der Waals surface area contributed by atoms with Gasteiger partial charge < -0.3 is 30.1 Å². The van der Waals surface area contributed by atoms with Gasteiger partial charge in [-0.1, -0.05) is 0 Å². The van der Waals surface area contributed by atoms with Crippen molar-refractivity contribution in [3.05, 3.63) is 0 Å². The van der Waals surface area contributed by atoms with Gasteiger partial charge in [-0.05, 0) is 20.8 Å². The monoisotopic (exact) mass is 277 g/mol. The number of hydrogen-bond acceptors (Lipinski definition) is 6. The highest BCUT2D eigenvalue weighted by Crippen LogP contribution is 2.25. The van der Waals surface area contributed by atoms with Crippen LogP contribution in [0.3, 0.4) is 0 Å². The van der Waals surface area contributed by atoms with Gasteiger partial charge in [0.1, 0.15) is 24.4 Å². The van der Waals surface area contributed by atoms with E-state index in [2.05, 4.69) is 5.32 Å². The van der Waals surface area contributed by atoms with Gasteiger partial charge in [0.05, 0.1) is 12.2 Å². The highest BCUT2D eigenvalue weighted by molar-refractivity contribution is 5.73. The third kappa shape index (κ3) is 4.39. The number of carbonyl (C=O) groups excluding carboxylic acids is 1. The molecule has 1 aliphatic rings. The molecule has 112 valence electrons. The van der Waals surface area contributed by atoms with Crippen LogP contribution in [0.15, 0.2) is 0 Å². The average molecular weight is 277 g/mol. The lowest BCUT2D eigenvalue weighted by Crippen LogP contribution is -2.65. The number of aliphatic hydroxyl groups is 3. The van der Waals surface area contributed by atoms with E-state index in [0.29, 0.717) is 0 Å². The second-order valence-corrected chi connectivity index (χ2v) is 5.66. The fraction of sp³-hybridized carbons (Fsp3) is 0.917. The Hall–Kier alpha value is -0.730. The van der Waals surface area contributed by atoms with Crippen LogP contribution in [0.5, 0.6) is 0 Å². The minimum absolute atomic E-state index is 0.371. The summed E-state index contributed by atoms with van der Waals surface area (Å²) in [7, 11) is 0. The highest BCUT2D eigenvalue weighted by atomic mass is 16.7. The Morgan fingerprint density at radius 1 is 1.32 bits per heavy atom. The predicted octanol–water partition coefficient (Wildman–Crippen LogP) is -1.25. The minimum Gasteiger partial charge on any atom is -0.394 e. The van der Waals surface area contributed by atoms with Crippen molar-refractivity contribution in [2.75, 3.05) is 6.61 Å². The summed E-state index contributed by atoms with van der Waals surface area (Å²) in [5.74, 6) is -0.371. The van der Waals surface area contributed by atoms with Crippen molar-refractivity contribution in [2.24, 2.45) is 0 Å². The lowest BCUT2D eigenvalue weighted by Gasteiger charge is -2.44. The fourth-order valence-corrected chi connectivity index (χ4v) is 1.92. The summed E-state index contributed by atoms with van der Waals surface area (Å²) in [4.78, 5) is 11.2. The standard InChI is InChI=1S/C12H23NO6/c1-6(15)13-8-10(17)9(16)7(5-14)18-11(8)19-12(2,3)4/h7-11,14,16-17H,5H2,1-4H3,(H,13,15)/t7-,8+,9+,10+,11+/m0/s1. The van der Waals surface area contributed by atoms with E-state index < -0.39 is 42.9 Å². The van der Waals surface area contributed by atoms with Crippen molar-refractivity contribution in [1.29, 1.82) is 0 Å². The molecule has 1 fully saturated rings. The summed E-state index contributed by atoms with van der Waals surface area (Å²) in [6.07, 6.45) is -4.46. The molecule has 7 nitrogen and oxygen atoms in total. The molecule has 1 aliphatic heterocycles. The number of ether oxygens (including phenoxy) is 2. The third-order valence-electron chi connectivity index (χ3n) is 2.72. The second-order valence-electron chi connectivity index (χ2n) is 5.66. The zero-order chi connectivity index (χ0) is 14.8. The average Bonchev–Trinajstić information content (AvgIpc) is 2.26. The second kappa shape index (κ2) is 6.15. The number of amides is 1. The SMILES string of the molecule is CC(=O)N[C@H]1[C@@H](OC(C)(C)C)O[C@@H](CO)[C@@H](O)[C@@H]1O. The number of nitrogens with one attached hydrogen (secondary N) is 1. The molecule has 4 N–H and O–H groups in total. The molecule has 0 aromatic heterocycles. The Balaban J connectivity index is 2.89. The van der Waals surface area contributed by atoms with E-state index in [1.165, 1.54) is 6.92 Å². The van der Waals surface area contributed by atoms with Crippen LogP contribution < -0.4 is 5.32 Å². The van der Waals surface area contributed by atoms with Crippen molar-refractivity contribution in [3.63, 3.8) is 0 Å². The molecule has 0 radical (unpaired) electrons. The first kappa shape index (κ1) is 16.3. The van der Waals surface area contributed by atoms with Crippen molar-refractivity contribution < 1.29 is 29.6 Å². The maximum absolute atomic E-state index is 11.2. The molecule has 1 rings (SSSR count). The molecule has 0 aromatic rings. The van der Waals surface area contributed by atoms with Crippen LogP contribution in [-0.2, 0) is 14.3 Å². The molecule has 1 amide bonds. The summed E-state index contributed by atoms with van der Waals surface area (Å²) in [6, 6.07) is -0.894. The van der Waals surface area contributed by atoms with E-state index >= 15 is 0 Å². The van der Waals surface area contributed by atoms with E-state index in [0.717, 1.165) is 0 Å². The molecular formula is C12H23NO6. The van der Waals surface area contributed by atoms with Gasteiger partial charge in [0.15, 0.2) is 6.29 Å². The van der Waals surface area contributed by atoms with Gasteiger partial charge in [0, 0.05) is 6.92 Å². The summed E-state index contributed by atoms with van der Waals surface area (Å²) in [6.45, 7) is 6.24. The first-order valence-corrected chi connectivity index (χ1v) is 6.23. The quantitative estimate of drug-likeness (QED) is 0.513. The first-order chi connectivity index (χ1) is 8.65. The zero-order valence-electron chi connectivity index (χ0n) is 11.7. The van der Waals surface area contributed by atoms with Crippen LogP contribution in [0, 0.1) is 0 Å². The predicted molar refractivity (Wildman–Crippen MR) is 66.2 cm³/mol. The molecule has 0 unspecified atom stereocenters. The van der Waals surface area contributed by atoms with Crippen LogP contribution >= 0.6 is 0 Å². The van der Waals surface area contributed by atoms with Gasteiger partial charge in [0.2, 0.25) is 5.91 Å². The molecule has 1 saturated heterocycles. The first-order valence-electron chi connectivity index (χ1n) is 6.23. The Labute approximate surface area is 112 Å². The third-order valence-corrected chi connectivity index (χ3v) is 2.72. The van der Waals surface area contributed by atoms with Gasteiger partial charge in [-0.3, -0.25) is 4.79 Å². The van der Waals surface area contributed by atoms with Crippen LogP contribution in [-0.4, -0.2) is 64.1 Å². The topological polar surface area (TPSA) is 108 Å². The van der Waals surface area contributed by atoms with E-state index in [9.17, 15) is 15.0 Å². The lowest BCUT2D eigenvalue weighted by atomic mass is 9.96. The molecule has 7 heteroatoms. The maximum atomic E-state index is 11.2. The van der Waals surface area contributed by atoms with Crippen molar-refractivity contribution in [3.8, 4) is 0 Å². The zero-order valence-corrected chi connectivity index (χ0v) is 11.7. The fourth-order valence-electron chi connectivity index (χ4n) is 1.92. The molecule has 1 heterocycles. The highest BCUT2D eigenvalue weighted by Gasteiger charge is 2.46. The van der Waals surface area contributed by atoms with Crippen LogP contribution in [0.1, 0.15) is 27.7 Å². The van der Waals surface area contributed by atoms with Gasteiger partial charge in [-0.25, -0.2) is 0 Å². The summed E-state index contributed by atoms with van der Waals surface area (Å²) in [5.41, 5.74) is -0.566. The molecule has 0 bridgehead atoms. The Bertz CT molecular complexity index is 316. The van der Waals surface area contributed by atoms with Crippen molar-refractivity contribution in [2.45, 2.75) is 63.9 Å². The Kier molecular flexibility index (Phi) is 5.28. The van der Waals surface area contributed by atoms with E-state index in [4.69, 9.17) is 14.6 Å². The minimum atomic E-state index is -1.29. The van der Waals surface area contributed by atoms with E-state index in [1.807, 2.05) is 0 Å². The van der Waals surface area contributed by atoms with Gasteiger partial charge in [-0.15, -0.1) is 0 Å². The molecule has 0 aromatic carbocycles. The number of rotatable bonds is 3. The summed E-state index contributed by atoms with van der Waals surface area (Å²) >= 11 is 0. The Morgan fingerprint density at radius 3 is 2.32 bits per heavy atom. The maximum Gasteiger partial charge on any atom is 0.217 e. The lowest BCUT2D eigenvalue weighted by molar-refractivity contribution is -0.292. The van der Waals surface area contributed by atoms with Gasteiger partial charge >= 0.3 is 0 Å². The molecule has 5 atom stereocenters. The van der Waals surface area contributed by atoms with Crippen molar-refractivity contribution >= 4 is 5.91 Å². The summed E-state index contributed by atoms with van der Waals surface area (Å²) in [5, 5.41) is 31.4. The van der Waals surface area contributed by atoms with Gasteiger partial charge in [0.25, 0.3) is 0 Å². The Morgan fingerprint density at radius 2 is 1.89 bits per heavy atom. The summed E-state index contributed by atoms with van der Waals surface area (Å²) < 4.78 is 11.0. The van der Waals surface area contributed by atoms with E-state index in [-0.39, 0.29) is 5.91 Å². The van der Waals surface area contributed by atoms with Gasteiger partial charge in [-0.2, -0.15) is 0 Å². The number of carbonyl (C=O) groups is 1. The van der Waals surface area contributed by atoms with Crippen molar-refractivity contribution in [1.82, 2.24) is 5.32 Å². The van der Waals surface area contributed by atoms with Crippen LogP contribution in [0.2, 0.25) is 0 Å². The van der Waals surface area contributed by atoms with E-state index in [1.54, 1.807) is 20.8 Å². The normalized spacial score (nSPS) is 36.1. The number of aliphatic hydroxyl groups excluding tert-OH is 3. The largest absolute Gasteiger partial charge is 0.394 e. The smallest absolute Gasteiger partial charge is 0.217 e. The van der Waals surface area contributed by atoms with Crippen LogP contribution in [0.4, 0.5) is 0 Å².